The lowest BCUT2D eigenvalue weighted by molar-refractivity contribution is 0.0946. The Morgan fingerprint density at radius 1 is 1.29 bits per heavy atom. The standard InChI is InChI=1S/C17H14ClFN4O/c1-23-15(14-7-2-3-8-20-14)9-11(22-23)10-21-17(24)16-12(18)5-4-6-13(16)19/h2-9H,10H2,1H3,(H,21,24). The molecular weight excluding hydrogens is 331 g/mol. The van der Waals surface area contributed by atoms with Gasteiger partial charge in [-0.15, -0.1) is 0 Å². The van der Waals surface area contributed by atoms with E-state index in [1.165, 1.54) is 18.2 Å². The van der Waals surface area contributed by atoms with E-state index in [0.29, 0.717) is 5.69 Å². The van der Waals surface area contributed by atoms with Gasteiger partial charge in [0.25, 0.3) is 5.91 Å². The molecule has 1 amide bonds. The van der Waals surface area contributed by atoms with Crippen LogP contribution in [0.15, 0.2) is 48.7 Å². The number of pyridine rings is 1. The van der Waals surface area contributed by atoms with Crippen molar-refractivity contribution in [3.8, 4) is 11.4 Å². The van der Waals surface area contributed by atoms with Gasteiger partial charge in [0.05, 0.1) is 34.2 Å². The molecule has 0 atom stereocenters. The average Bonchev–Trinajstić information content (AvgIpc) is 2.94. The summed E-state index contributed by atoms with van der Waals surface area (Å²) < 4.78 is 15.4. The van der Waals surface area contributed by atoms with E-state index in [1.54, 1.807) is 17.9 Å². The Balaban J connectivity index is 1.75. The van der Waals surface area contributed by atoms with Gasteiger partial charge in [-0.1, -0.05) is 23.7 Å². The van der Waals surface area contributed by atoms with E-state index < -0.39 is 11.7 Å². The van der Waals surface area contributed by atoms with Crippen LogP contribution in [0.25, 0.3) is 11.4 Å². The summed E-state index contributed by atoms with van der Waals surface area (Å²) in [4.78, 5) is 16.4. The van der Waals surface area contributed by atoms with E-state index in [4.69, 9.17) is 11.6 Å². The van der Waals surface area contributed by atoms with Crippen LogP contribution in [0, 0.1) is 5.82 Å². The number of aromatic nitrogens is 3. The van der Waals surface area contributed by atoms with Crippen molar-refractivity contribution in [1.29, 1.82) is 0 Å². The molecule has 0 spiro atoms. The van der Waals surface area contributed by atoms with Gasteiger partial charge in [-0.25, -0.2) is 4.39 Å². The highest BCUT2D eigenvalue weighted by Gasteiger charge is 2.16. The predicted octanol–water partition coefficient (Wildman–Crippen LogP) is 3.20. The third kappa shape index (κ3) is 3.28. The molecule has 5 nitrogen and oxygen atoms in total. The van der Waals surface area contributed by atoms with E-state index in [0.717, 1.165) is 11.4 Å². The Morgan fingerprint density at radius 3 is 2.83 bits per heavy atom. The number of hydrogen-bond donors (Lipinski definition) is 1. The highest BCUT2D eigenvalue weighted by atomic mass is 35.5. The van der Waals surface area contributed by atoms with Gasteiger partial charge >= 0.3 is 0 Å². The Labute approximate surface area is 143 Å². The van der Waals surface area contributed by atoms with Crippen molar-refractivity contribution in [1.82, 2.24) is 20.1 Å². The first kappa shape index (κ1) is 16.1. The molecule has 0 unspecified atom stereocenters. The smallest absolute Gasteiger partial charge is 0.256 e. The number of amides is 1. The number of benzene rings is 1. The number of hydrogen-bond acceptors (Lipinski definition) is 3. The molecule has 1 N–H and O–H groups in total. The molecule has 7 heteroatoms. The van der Waals surface area contributed by atoms with Crippen molar-refractivity contribution in [3.63, 3.8) is 0 Å². The summed E-state index contributed by atoms with van der Waals surface area (Å²) in [6.07, 6.45) is 1.70. The zero-order chi connectivity index (χ0) is 17.1. The Morgan fingerprint density at radius 2 is 2.12 bits per heavy atom. The van der Waals surface area contributed by atoms with Crippen molar-refractivity contribution in [3.05, 3.63) is 70.8 Å². The number of nitrogens with one attached hydrogen (secondary N) is 1. The minimum absolute atomic E-state index is 0.0719. The fourth-order valence-electron chi connectivity index (χ4n) is 2.34. The molecule has 0 aliphatic carbocycles. The third-order valence-corrected chi connectivity index (χ3v) is 3.79. The van der Waals surface area contributed by atoms with Crippen LogP contribution >= 0.6 is 11.6 Å². The second kappa shape index (κ2) is 6.80. The number of nitrogens with zero attached hydrogens (tertiary/aromatic N) is 3. The Bertz CT molecular complexity index is 859. The van der Waals surface area contributed by atoms with Gasteiger partial charge in [0.1, 0.15) is 5.82 Å². The molecule has 0 aliphatic rings. The fraction of sp³-hybridized carbons (Fsp3) is 0.118. The van der Waals surface area contributed by atoms with E-state index in [-0.39, 0.29) is 17.1 Å². The molecule has 0 aliphatic heterocycles. The summed E-state index contributed by atoms with van der Waals surface area (Å²) in [5.74, 6) is -1.24. The number of carbonyl (C=O) groups excluding carboxylic acids is 1. The van der Waals surface area contributed by atoms with Crippen molar-refractivity contribution < 1.29 is 9.18 Å². The molecule has 0 saturated carbocycles. The third-order valence-electron chi connectivity index (χ3n) is 3.48. The zero-order valence-electron chi connectivity index (χ0n) is 12.8. The summed E-state index contributed by atoms with van der Waals surface area (Å²) in [6.45, 7) is 0.157. The number of aryl methyl sites for hydroxylation is 1. The van der Waals surface area contributed by atoms with Gasteiger partial charge in [-0.3, -0.25) is 14.5 Å². The summed E-state index contributed by atoms with van der Waals surface area (Å²) >= 11 is 5.89. The van der Waals surface area contributed by atoms with Crippen LogP contribution in [0.1, 0.15) is 16.1 Å². The SMILES string of the molecule is Cn1nc(CNC(=O)c2c(F)cccc2Cl)cc1-c1ccccn1. The van der Waals surface area contributed by atoms with E-state index in [1.807, 2.05) is 24.3 Å². The first-order valence-corrected chi connectivity index (χ1v) is 7.60. The van der Waals surface area contributed by atoms with Crippen LogP contribution in [0.2, 0.25) is 5.02 Å². The number of rotatable bonds is 4. The molecule has 3 rings (SSSR count). The maximum atomic E-state index is 13.7. The largest absolute Gasteiger partial charge is 0.346 e. The fourth-order valence-corrected chi connectivity index (χ4v) is 2.59. The van der Waals surface area contributed by atoms with E-state index in [9.17, 15) is 9.18 Å². The van der Waals surface area contributed by atoms with Crippen molar-refractivity contribution in [2.75, 3.05) is 0 Å². The van der Waals surface area contributed by atoms with Crippen LogP contribution in [-0.4, -0.2) is 20.7 Å². The topological polar surface area (TPSA) is 59.8 Å². The van der Waals surface area contributed by atoms with Gasteiger partial charge in [0, 0.05) is 13.2 Å². The molecule has 3 aromatic rings. The highest BCUT2D eigenvalue weighted by Crippen LogP contribution is 2.19. The molecule has 24 heavy (non-hydrogen) atoms. The van der Waals surface area contributed by atoms with Crippen LogP contribution in [0.5, 0.6) is 0 Å². The van der Waals surface area contributed by atoms with Crippen LogP contribution < -0.4 is 5.32 Å². The van der Waals surface area contributed by atoms with Gasteiger partial charge in [-0.05, 0) is 30.3 Å². The second-order valence-electron chi connectivity index (χ2n) is 5.14. The maximum absolute atomic E-state index is 13.7. The minimum atomic E-state index is -0.657. The van der Waals surface area contributed by atoms with Crippen LogP contribution in [0.4, 0.5) is 4.39 Å². The van der Waals surface area contributed by atoms with E-state index in [2.05, 4.69) is 15.4 Å². The van der Waals surface area contributed by atoms with Crippen LogP contribution in [-0.2, 0) is 13.6 Å². The monoisotopic (exact) mass is 344 g/mol. The minimum Gasteiger partial charge on any atom is -0.346 e. The average molecular weight is 345 g/mol. The van der Waals surface area contributed by atoms with Gasteiger partial charge in [-0.2, -0.15) is 5.10 Å². The first-order valence-electron chi connectivity index (χ1n) is 7.23. The lowest BCUT2D eigenvalue weighted by Crippen LogP contribution is -2.24. The van der Waals surface area contributed by atoms with E-state index >= 15 is 0 Å². The van der Waals surface area contributed by atoms with Crippen molar-refractivity contribution in [2.24, 2.45) is 7.05 Å². The summed E-state index contributed by atoms with van der Waals surface area (Å²) in [7, 11) is 1.79. The second-order valence-corrected chi connectivity index (χ2v) is 5.55. The molecule has 0 saturated heterocycles. The van der Waals surface area contributed by atoms with Crippen LogP contribution in [0.3, 0.4) is 0 Å². The molecule has 122 valence electrons. The Hall–Kier alpha value is -2.73. The normalized spacial score (nSPS) is 10.6. The predicted molar refractivity (Wildman–Crippen MR) is 89.0 cm³/mol. The molecule has 0 radical (unpaired) electrons. The molecule has 2 heterocycles. The summed E-state index contributed by atoms with van der Waals surface area (Å²) in [6, 6.07) is 11.5. The van der Waals surface area contributed by atoms with Crippen molar-refractivity contribution in [2.45, 2.75) is 6.54 Å². The maximum Gasteiger partial charge on any atom is 0.256 e. The number of halogens is 2. The molecule has 2 aromatic heterocycles. The lowest BCUT2D eigenvalue weighted by atomic mass is 10.2. The molecule has 0 fully saturated rings. The lowest BCUT2D eigenvalue weighted by Gasteiger charge is -2.06. The molecular formula is C17H14ClFN4O. The highest BCUT2D eigenvalue weighted by molar-refractivity contribution is 6.33. The van der Waals surface area contributed by atoms with Crippen molar-refractivity contribution >= 4 is 17.5 Å². The zero-order valence-corrected chi connectivity index (χ0v) is 13.6. The summed E-state index contributed by atoms with van der Waals surface area (Å²) in [5, 5.41) is 7.03. The molecule has 1 aromatic carbocycles. The first-order chi connectivity index (χ1) is 11.6. The van der Waals surface area contributed by atoms with Gasteiger partial charge in [0.2, 0.25) is 0 Å². The van der Waals surface area contributed by atoms with Gasteiger partial charge < -0.3 is 5.32 Å². The van der Waals surface area contributed by atoms with Gasteiger partial charge in [0.15, 0.2) is 0 Å². The quantitative estimate of drug-likeness (QED) is 0.790. The summed E-state index contributed by atoms with van der Waals surface area (Å²) in [5.41, 5.74) is 2.07. The Kier molecular flexibility index (Phi) is 4.57. The number of carbonyl (C=O) groups is 1. The molecule has 0 bridgehead atoms.